The number of rotatable bonds is 4. The normalized spacial score (nSPS) is 13.8. The van der Waals surface area contributed by atoms with Gasteiger partial charge in [-0.25, -0.2) is 13.1 Å². The van der Waals surface area contributed by atoms with Gasteiger partial charge in [-0.05, 0) is 54.0 Å². The number of fused-ring (bicyclic) bond motifs is 3. The van der Waals surface area contributed by atoms with Gasteiger partial charge in [-0.15, -0.1) is 10.2 Å². The topological polar surface area (TPSA) is 76.9 Å². The average molecular weight is 425 g/mol. The Hall–Kier alpha value is -2.51. The molecule has 3 aromatic rings. The molecule has 0 saturated heterocycles. The molecular formula is C23H28N4O2S. The number of sulfonamides is 1. The van der Waals surface area contributed by atoms with Crippen LogP contribution in [0.4, 0.5) is 0 Å². The van der Waals surface area contributed by atoms with Crippen LogP contribution in [0.5, 0.6) is 0 Å². The Labute approximate surface area is 178 Å². The second-order valence-electron chi connectivity index (χ2n) is 9.01. The van der Waals surface area contributed by atoms with Gasteiger partial charge in [-0.1, -0.05) is 51.1 Å². The van der Waals surface area contributed by atoms with Crippen LogP contribution in [-0.2, 0) is 34.8 Å². The smallest absolute Gasteiger partial charge is 0.241 e. The fraction of sp³-hybridized carbons (Fsp3) is 0.391. The van der Waals surface area contributed by atoms with Crippen LogP contribution in [0.1, 0.15) is 54.7 Å². The summed E-state index contributed by atoms with van der Waals surface area (Å²) in [6.45, 7) is 10.2. The maximum Gasteiger partial charge on any atom is 0.241 e. The number of benzene rings is 2. The van der Waals surface area contributed by atoms with Gasteiger partial charge in [0.2, 0.25) is 10.0 Å². The molecule has 0 saturated carbocycles. The molecule has 7 heteroatoms. The Balaban J connectivity index is 1.64. The molecule has 0 bridgehead atoms. The van der Waals surface area contributed by atoms with Gasteiger partial charge < -0.3 is 0 Å². The predicted molar refractivity (Wildman–Crippen MR) is 117 cm³/mol. The number of aromatic nitrogens is 3. The van der Waals surface area contributed by atoms with Crippen molar-refractivity contribution in [3.63, 3.8) is 0 Å². The molecule has 158 valence electrons. The quantitative estimate of drug-likeness (QED) is 0.692. The van der Waals surface area contributed by atoms with Crippen LogP contribution < -0.4 is 4.72 Å². The Morgan fingerprint density at radius 3 is 2.37 bits per heavy atom. The van der Waals surface area contributed by atoms with Gasteiger partial charge in [0.15, 0.2) is 5.82 Å². The molecule has 0 spiro atoms. The van der Waals surface area contributed by atoms with E-state index in [1.807, 2.05) is 48.7 Å². The summed E-state index contributed by atoms with van der Waals surface area (Å²) in [5.41, 5.74) is 4.83. The van der Waals surface area contributed by atoms with Crippen LogP contribution in [-0.4, -0.2) is 23.2 Å². The first-order valence-corrected chi connectivity index (χ1v) is 11.7. The number of nitrogens with zero attached hydrogens (tertiary/aromatic N) is 3. The maximum absolute atomic E-state index is 13.2. The summed E-state index contributed by atoms with van der Waals surface area (Å²) in [5.74, 6) is 1.46. The van der Waals surface area contributed by atoms with Crippen molar-refractivity contribution in [2.24, 2.45) is 0 Å². The van der Waals surface area contributed by atoms with E-state index in [0.29, 0.717) is 10.7 Å². The monoisotopic (exact) mass is 424 g/mol. The van der Waals surface area contributed by atoms with Gasteiger partial charge in [0.1, 0.15) is 5.82 Å². The lowest BCUT2D eigenvalue weighted by Gasteiger charge is -2.22. The first-order valence-electron chi connectivity index (χ1n) is 10.2. The number of aryl methyl sites for hydroxylation is 4. The summed E-state index contributed by atoms with van der Waals surface area (Å²) < 4.78 is 31.1. The van der Waals surface area contributed by atoms with Crippen LogP contribution in [0.2, 0.25) is 0 Å². The molecule has 0 atom stereocenters. The molecule has 1 aliphatic heterocycles. The van der Waals surface area contributed by atoms with E-state index in [9.17, 15) is 8.42 Å². The van der Waals surface area contributed by atoms with Crippen LogP contribution in [0.3, 0.4) is 0 Å². The summed E-state index contributed by atoms with van der Waals surface area (Å²) in [7, 11) is -3.69. The summed E-state index contributed by atoms with van der Waals surface area (Å²) >= 11 is 0. The van der Waals surface area contributed by atoms with Gasteiger partial charge in [-0.3, -0.25) is 4.57 Å². The Morgan fingerprint density at radius 2 is 1.70 bits per heavy atom. The summed E-state index contributed by atoms with van der Waals surface area (Å²) in [6.07, 6.45) is 1.71. The van der Waals surface area contributed by atoms with Crippen molar-refractivity contribution in [3.8, 4) is 5.69 Å². The zero-order valence-corrected chi connectivity index (χ0v) is 19.0. The van der Waals surface area contributed by atoms with Crippen molar-refractivity contribution in [2.45, 2.75) is 64.3 Å². The zero-order valence-electron chi connectivity index (χ0n) is 18.2. The van der Waals surface area contributed by atoms with Crippen molar-refractivity contribution in [1.82, 2.24) is 19.5 Å². The minimum atomic E-state index is -3.69. The Morgan fingerprint density at radius 1 is 1.03 bits per heavy atom. The molecule has 30 heavy (non-hydrogen) atoms. The summed E-state index contributed by atoms with van der Waals surface area (Å²) in [4.78, 5) is 0.342. The number of nitrogens with one attached hydrogen (secondary N) is 1. The van der Waals surface area contributed by atoms with E-state index >= 15 is 0 Å². The third-order valence-electron chi connectivity index (χ3n) is 5.66. The molecule has 1 aromatic heterocycles. The van der Waals surface area contributed by atoms with E-state index in [-0.39, 0.29) is 12.0 Å². The highest BCUT2D eigenvalue weighted by Crippen LogP contribution is 2.29. The lowest BCUT2D eigenvalue weighted by Crippen LogP contribution is -2.27. The molecule has 0 fully saturated rings. The van der Waals surface area contributed by atoms with Gasteiger partial charge in [0.05, 0.1) is 17.1 Å². The van der Waals surface area contributed by atoms with Crippen molar-refractivity contribution in [1.29, 1.82) is 0 Å². The molecule has 0 amide bonds. The summed E-state index contributed by atoms with van der Waals surface area (Å²) in [6, 6.07) is 12.1. The minimum Gasteiger partial charge on any atom is -0.282 e. The van der Waals surface area contributed by atoms with Gasteiger partial charge >= 0.3 is 0 Å². The van der Waals surface area contributed by atoms with E-state index in [4.69, 9.17) is 0 Å². The van der Waals surface area contributed by atoms with E-state index < -0.39 is 10.0 Å². The van der Waals surface area contributed by atoms with Gasteiger partial charge in [0.25, 0.3) is 0 Å². The van der Waals surface area contributed by atoms with Gasteiger partial charge in [0, 0.05) is 6.42 Å². The first kappa shape index (κ1) is 20.8. The number of para-hydroxylation sites is 1. The molecule has 0 aliphatic carbocycles. The number of hydrogen-bond donors (Lipinski definition) is 1. The van der Waals surface area contributed by atoms with Crippen molar-refractivity contribution < 1.29 is 8.42 Å². The van der Waals surface area contributed by atoms with E-state index in [2.05, 4.69) is 41.8 Å². The Kier molecular flexibility index (Phi) is 5.06. The van der Waals surface area contributed by atoms with Crippen molar-refractivity contribution >= 4 is 10.0 Å². The third-order valence-corrected chi connectivity index (χ3v) is 7.37. The average Bonchev–Trinajstić information content (AvgIpc) is 3.08. The maximum atomic E-state index is 13.2. The fourth-order valence-corrected chi connectivity index (χ4v) is 5.56. The molecule has 1 N–H and O–H groups in total. The molecule has 2 heterocycles. The van der Waals surface area contributed by atoms with Crippen molar-refractivity contribution in [3.05, 3.63) is 70.3 Å². The lowest BCUT2D eigenvalue weighted by atomic mass is 9.85. The second kappa shape index (κ2) is 7.32. The van der Waals surface area contributed by atoms with E-state index in [1.165, 1.54) is 5.56 Å². The second-order valence-corrected chi connectivity index (χ2v) is 10.7. The standard InChI is InChI=1S/C23H28N4O2S/c1-15-12-18(23(3,4)5)13-16(2)22(15)30(28,29)24-14-21-26-25-20-11-10-17-8-6-7-9-19(17)27(20)21/h6-9,12-13,24H,10-11,14H2,1-5H3. The third kappa shape index (κ3) is 3.68. The molecule has 2 aromatic carbocycles. The molecule has 6 nitrogen and oxygen atoms in total. The Bertz CT molecular complexity index is 1200. The van der Waals surface area contributed by atoms with Gasteiger partial charge in [-0.2, -0.15) is 0 Å². The SMILES string of the molecule is Cc1cc(C(C)(C)C)cc(C)c1S(=O)(=O)NCc1nnc2n1-c1ccccc1CC2. The molecular weight excluding hydrogens is 396 g/mol. The first-order chi connectivity index (χ1) is 14.1. The molecule has 1 aliphatic rings. The molecule has 0 radical (unpaired) electrons. The largest absolute Gasteiger partial charge is 0.282 e. The number of hydrogen-bond acceptors (Lipinski definition) is 4. The molecule has 4 rings (SSSR count). The lowest BCUT2D eigenvalue weighted by molar-refractivity contribution is 0.573. The highest BCUT2D eigenvalue weighted by atomic mass is 32.2. The van der Waals surface area contributed by atoms with Crippen LogP contribution in [0, 0.1) is 13.8 Å². The summed E-state index contributed by atoms with van der Waals surface area (Å²) in [5, 5.41) is 8.55. The van der Waals surface area contributed by atoms with Crippen LogP contribution in [0.15, 0.2) is 41.3 Å². The van der Waals surface area contributed by atoms with Crippen LogP contribution in [0.25, 0.3) is 5.69 Å². The van der Waals surface area contributed by atoms with Crippen LogP contribution >= 0.6 is 0 Å². The highest BCUT2D eigenvalue weighted by Gasteiger charge is 2.25. The molecule has 0 unspecified atom stereocenters. The van der Waals surface area contributed by atoms with Crippen molar-refractivity contribution in [2.75, 3.05) is 0 Å². The minimum absolute atomic E-state index is 0.0424. The predicted octanol–water partition coefficient (Wildman–Crippen LogP) is 3.76. The highest BCUT2D eigenvalue weighted by molar-refractivity contribution is 7.89. The van der Waals surface area contributed by atoms with E-state index in [0.717, 1.165) is 41.0 Å². The zero-order chi connectivity index (χ0) is 21.7. The van der Waals surface area contributed by atoms with E-state index in [1.54, 1.807) is 0 Å². The fourth-order valence-electron chi connectivity index (χ4n) is 4.13.